The lowest BCUT2D eigenvalue weighted by atomic mass is 10.2. The predicted molar refractivity (Wildman–Crippen MR) is 103 cm³/mol. The molecule has 0 aliphatic rings. The third-order valence-electron chi connectivity index (χ3n) is 3.77. The average molecular weight is 358 g/mol. The lowest BCUT2D eigenvalue weighted by Crippen LogP contribution is -2.17. The number of hydrogen-bond acceptors (Lipinski definition) is 6. The van der Waals surface area contributed by atoms with E-state index in [1.54, 1.807) is 44.7 Å². The molecule has 2 rings (SSSR count). The summed E-state index contributed by atoms with van der Waals surface area (Å²) in [5, 5.41) is 6.13. The molecule has 0 saturated heterocycles. The SMILES string of the molecule is COc1ccc(OC)c(NC(=O)c2cncc(NCCCN(C)C)c2)c1. The molecule has 0 unspecified atom stereocenters. The molecule has 1 heterocycles. The minimum atomic E-state index is -0.263. The standard InChI is InChI=1S/C19H26N4O3/c1-23(2)9-5-8-21-15-10-14(12-20-13-15)19(24)22-17-11-16(25-3)6-7-18(17)26-4/h6-7,10-13,21H,5,8-9H2,1-4H3,(H,22,24). The zero-order valence-corrected chi connectivity index (χ0v) is 15.7. The number of nitrogens with zero attached hydrogens (tertiary/aromatic N) is 2. The molecule has 0 spiro atoms. The van der Waals surface area contributed by atoms with Crippen LogP contribution in [0.3, 0.4) is 0 Å². The molecule has 1 aromatic heterocycles. The fraction of sp³-hybridized carbons (Fsp3) is 0.368. The Morgan fingerprint density at radius 3 is 2.65 bits per heavy atom. The van der Waals surface area contributed by atoms with Crippen LogP contribution in [0.15, 0.2) is 36.7 Å². The summed E-state index contributed by atoms with van der Waals surface area (Å²) in [4.78, 5) is 18.8. The number of nitrogens with one attached hydrogen (secondary N) is 2. The first-order chi connectivity index (χ1) is 12.5. The van der Waals surface area contributed by atoms with Crippen molar-refractivity contribution in [1.29, 1.82) is 0 Å². The molecule has 0 fully saturated rings. The van der Waals surface area contributed by atoms with Gasteiger partial charge in [-0.3, -0.25) is 9.78 Å². The molecular formula is C19H26N4O3. The topological polar surface area (TPSA) is 75.7 Å². The molecular weight excluding hydrogens is 332 g/mol. The number of aromatic nitrogens is 1. The maximum Gasteiger partial charge on any atom is 0.257 e. The molecule has 1 aromatic carbocycles. The highest BCUT2D eigenvalue weighted by molar-refractivity contribution is 6.05. The molecule has 140 valence electrons. The molecule has 0 atom stereocenters. The van der Waals surface area contributed by atoms with Crippen molar-refractivity contribution in [3.63, 3.8) is 0 Å². The van der Waals surface area contributed by atoms with E-state index < -0.39 is 0 Å². The molecule has 1 amide bonds. The van der Waals surface area contributed by atoms with Gasteiger partial charge in [-0.05, 0) is 45.3 Å². The van der Waals surface area contributed by atoms with Crippen molar-refractivity contribution in [3.8, 4) is 11.5 Å². The molecule has 0 aliphatic carbocycles. The van der Waals surface area contributed by atoms with Crippen molar-refractivity contribution in [3.05, 3.63) is 42.2 Å². The smallest absolute Gasteiger partial charge is 0.257 e. The Kier molecular flexibility index (Phi) is 7.23. The van der Waals surface area contributed by atoms with Crippen LogP contribution in [0.5, 0.6) is 11.5 Å². The molecule has 2 N–H and O–H groups in total. The third kappa shape index (κ3) is 5.63. The van der Waals surface area contributed by atoms with Crippen molar-refractivity contribution in [2.45, 2.75) is 6.42 Å². The number of anilines is 2. The van der Waals surface area contributed by atoms with E-state index >= 15 is 0 Å². The van der Waals surface area contributed by atoms with Gasteiger partial charge in [0.05, 0.1) is 31.2 Å². The lowest BCUT2D eigenvalue weighted by molar-refractivity contribution is 0.102. The van der Waals surface area contributed by atoms with Crippen molar-refractivity contribution in [2.24, 2.45) is 0 Å². The summed E-state index contributed by atoms with van der Waals surface area (Å²) in [6.07, 6.45) is 4.25. The Labute approximate surface area is 154 Å². The van der Waals surface area contributed by atoms with Gasteiger partial charge in [-0.2, -0.15) is 0 Å². The monoisotopic (exact) mass is 358 g/mol. The summed E-state index contributed by atoms with van der Waals surface area (Å²) < 4.78 is 10.5. The van der Waals surface area contributed by atoms with Crippen LogP contribution in [0, 0.1) is 0 Å². The second-order valence-electron chi connectivity index (χ2n) is 6.07. The van der Waals surface area contributed by atoms with Gasteiger partial charge in [-0.15, -0.1) is 0 Å². The second-order valence-corrected chi connectivity index (χ2v) is 6.07. The zero-order valence-electron chi connectivity index (χ0n) is 15.7. The molecule has 2 aromatic rings. The fourth-order valence-corrected chi connectivity index (χ4v) is 2.40. The Balaban J connectivity index is 2.04. The van der Waals surface area contributed by atoms with Gasteiger partial charge in [-0.25, -0.2) is 0 Å². The first kappa shape index (κ1) is 19.5. The molecule has 0 bridgehead atoms. The number of pyridine rings is 1. The maximum atomic E-state index is 12.6. The van der Waals surface area contributed by atoms with Gasteiger partial charge >= 0.3 is 0 Å². The van der Waals surface area contributed by atoms with Crippen LogP contribution in [0.25, 0.3) is 0 Å². The first-order valence-corrected chi connectivity index (χ1v) is 8.40. The number of carbonyl (C=O) groups is 1. The minimum absolute atomic E-state index is 0.263. The van der Waals surface area contributed by atoms with Gasteiger partial charge in [0.1, 0.15) is 11.5 Å². The molecule has 0 aliphatic heterocycles. The van der Waals surface area contributed by atoms with Gasteiger partial charge in [-0.1, -0.05) is 0 Å². The highest BCUT2D eigenvalue weighted by Crippen LogP contribution is 2.29. The molecule has 0 radical (unpaired) electrons. The summed E-state index contributed by atoms with van der Waals surface area (Å²) in [6.45, 7) is 1.81. The van der Waals surface area contributed by atoms with Gasteiger partial charge in [0.15, 0.2) is 0 Å². The number of carbonyl (C=O) groups excluding carboxylic acids is 1. The minimum Gasteiger partial charge on any atom is -0.497 e. The predicted octanol–water partition coefficient (Wildman–Crippen LogP) is 2.71. The molecule has 7 heteroatoms. The number of rotatable bonds is 9. The fourth-order valence-electron chi connectivity index (χ4n) is 2.40. The van der Waals surface area contributed by atoms with Crippen LogP contribution < -0.4 is 20.1 Å². The van der Waals surface area contributed by atoms with Gasteiger partial charge in [0.25, 0.3) is 5.91 Å². The maximum absolute atomic E-state index is 12.6. The van der Waals surface area contributed by atoms with Crippen molar-refractivity contribution < 1.29 is 14.3 Å². The Morgan fingerprint density at radius 2 is 1.96 bits per heavy atom. The van der Waals surface area contributed by atoms with Crippen LogP contribution in [0.2, 0.25) is 0 Å². The van der Waals surface area contributed by atoms with Crippen LogP contribution >= 0.6 is 0 Å². The van der Waals surface area contributed by atoms with Crippen LogP contribution in [0.1, 0.15) is 16.8 Å². The van der Waals surface area contributed by atoms with Crippen molar-refractivity contribution >= 4 is 17.3 Å². The van der Waals surface area contributed by atoms with Crippen LogP contribution in [0.4, 0.5) is 11.4 Å². The van der Waals surface area contributed by atoms with E-state index in [4.69, 9.17) is 9.47 Å². The van der Waals surface area contributed by atoms with E-state index in [-0.39, 0.29) is 5.91 Å². The highest BCUT2D eigenvalue weighted by atomic mass is 16.5. The summed E-state index contributed by atoms with van der Waals surface area (Å²) in [6, 6.07) is 7.02. The van der Waals surface area contributed by atoms with E-state index in [1.165, 1.54) is 6.20 Å². The van der Waals surface area contributed by atoms with Gasteiger partial charge < -0.3 is 25.0 Å². The average Bonchev–Trinajstić information content (AvgIpc) is 2.65. The van der Waals surface area contributed by atoms with Crippen molar-refractivity contribution in [1.82, 2.24) is 9.88 Å². The van der Waals surface area contributed by atoms with Crippen molar-refractivity contribution in [2.75, 3.05) is 52.0 Å². The highest BCUT2D eigenvalue weighted by Gasteiger charge is 2.12. The third-order valence-corrected chi connectivity index (χ3v) is 3.77. The van der Waals surface area contributed by atoms with E-state index in [0.29, 0.717) is 22.7 Å². The number of hydrogen-bond donors (Lipinski definition) is 2. The van der Waals surface area contributed by atoms with E-state index in [9.17, 15) is 4.79 Å². The first-order valence-electron chi connectivity index (χ1n) is 8.40. The number of amides is 1. The molecule has 26 heavy (non-hydrogen) atoms. The molecule has 0 saturated carbocycles. The van der Waals surface area contributed by atoms with E-state index in [2.05, 4.69) is 20.5 Å². The largest absolute Gasteiger partial charge is 0.497 e. The van der Waals surface area contributed by atoms with Gasteiger partial charge in [0.2, 0.25) is 0 Å². The van der Waals surface area contributed by atoms with Crippen LogP contribution in [-0.2, 0) is 0 Å². The summed E-state index contributed by atoms with van der Waals surface area (Å²) in [5.74, 6) is 0.932. The van der Waals surface area contributed by atoms with Gasteiger partial charge in [0, 0.05) is 25.0 Å². The zero-order chi connectivity index (χ0) is 18.9. The second kappa shape index (κ2) is 9.62. The van der Waals surface area contributed by atoms with E-state index in [0.717, 1.165) is 25.2 Å². The van der Waals surface area contributed by atoms with E-state index in [1.807, 2.05) is 14.1 Å². The quantitative estimate of drug-likeness (QED) is 0.671. The lowest BCUT2D eigenvalue weighted by Gasteiger charge is -2.13. The number of ether oxygens (including phenoxy) is 2. The Morgan fingerprint density at radius 1 is 1.15 bits per heavy atom. The molecule has 7 nitrogen and oxygen atoms in total. The normalized spacial score (nSPS) is 10.5. The van der Waals surface area contributed by atoms with Crippen LogP contribution in [-0.4, -0.2) is 57.2 Å². The summed E-state index contributed by atoms with van der Waals surface area (Å²) >= 11 is 0. The summed E-state index contributed by atoms with van der Waals surface area (Å²) in [7, 11) is 7.21. The number of methoxy groups -OCH3 is 2. The summed E-state index contributed by atoms with van der Waals surface area (Å²) in [5.41, 5.74) is 1.82. The Bertz CT molecular complexity index is 734. The Hall–Kier alpha value is -2.80. The number of benzene rings is 1.